The van der Waals surface area contributed by atoms with Crippen LogP contribution in [0.5, 0.6) is 5.88 Å². The second-order valence-electron chi connectivity index (χ2n) is 8.35. The van der Waals surface area contributed by atoms with Crippen molar-refractivity contribution in [1.82, 2.24) is 14.6 Å². The molecule has 1 aliphatic rings. The van der Waals surface area contributed by atoms with Gasteiger partial charge in [-0.2, -0.15) is 17.5 Å². The third-order valence-electron chi connectivity index (χ3n) is 5.25. The van der Waals surface area contributed by atoms with Crippen molar-refractivity contribution >= 4 is 15.9 Å². The monoisotopic (exact) mass is 485 g/mol. The molecule has 0 bridgehead atoms. The average Bonchev–Trinajstić information content (AvgIpc) is 2.75. The minimum absolute atomic E-state index is 0.107. The molecule has 1 aromatic carbocycles. The highest BCUT2D eigenvalue weighted by atomic mass is 32.2. The lowest BCUT2D eigenvalue weighted by Crippen LogP contribution is -2.42. The molecular formula is C22H26F3N3O4S. The number of hydrogen-bond donors (Lipinski definition) is 1. The zero-order chi connectivity index (χ0) is 24.2. The number of nitrogens with one attached hydrogen (secondary N) is 1. The van der Waals surface area contributed by atoms with Crippen LogP contribution in [-0.2, 0) is 16.6 Å². The summed E-state index contributed by atoms with van der Waals surface area (Å²) in [5.74, 6) is -0.191. The molecule has 1 aromatic heterocycles. The molecule has 2 heterocycles. The van der Waals surface area contributed by atoms with Gasteiger partial charge in [-0.3, -0.25) is 4.79 Å². The number of alkyl halides is 3. The smallest absolute Gasteiger partial charge is 0.422 e. The summed E-state index contributed by atoms with van der Waals surface area (Å²) in [5.41, 5.74) is 0.499. The van der Waals surface area contributed by atoms with E-state index in [0.717, 1.165) is 6.42 Å². The number of pyridine rings is 1. The molecule has 2 aromatic rings. The van der Waals surface area contributed by atoms with Crippen LogP contribution in [0.25, 0.3) is 0 Å². The van der Waals surface area contributed by atoms with Crippen molar-refractivity contribution in [1.29, 1.82) is 0 Å². The van der Waals surface area contributed by atoms with E-state index in [2.05, 4.69) is 10.3 Å². The number of carbonyl (C=O) groups is 1. The molecule has 1 amide bonds. The highest BCUT2D eigenvalue weighted by molar-refractivity contribution is 7.89. The number of piperidine rings is 1. The van der Waals surface area contributed by atoms with Gasteiger partial charge in [-0.25, -0.2) is 13.4 Å². The Bertz CT molecular complexity index is 1070. The number of ether oxygens (including phenoxy) is 1. The normalized spacial score (nSPS) is 19.8. The lowest BCUT2D eigenvalue weighted by atomic mass is 9.94. The molecule has 7 nitrogen and oxygen atoms in total. The van der Waals surface area contributed by atoms with Crippen molar-refractivity contribution in [3.63, 3.8) is 0 Å². The molecular weight excluding hydrogens is 459 g/mol. The number of aromatic nitrogens is 1. The fourth-order valence-electron chi connectivity index (χ4n) is 3.85. The second kappa shape index (κ2) is 10.1. The molecule has 0 radical (unpaired) electrons. The van der Waals surface area contributed by atoms with Crippen molar-refractivity contribution in [3.05, 3.63) is 53.7 Å². The maximum Gasteiger partial charge on any atom is 0.422 e. The summed E-state index contributed by atoms with van der Waals surface area (Å²) in [4.78, 5) is 16.4. The van der Waals surface area contributed by atoms with Crippen molar-refractivity contribution < 1.29 is 31.1 Å². The maximum absolute atomic E-state index is 13.0. The molecule has 0 saturated carbocycles. The van der Waals surface area contributed by atoms with Crippen molar-refractivity contribution in [2.75, 3.05) is 19.7 Å². The first-order chi connectivity index (χ1) is 15.5. The highest BCUT2D eigenvalue weighted by Crippen LogP contribution is 2.27. The molecule has 1 N–H and O–H groups in total. The van der Waals surface area contributed by atoms with Gasteiger partial charge in [0, 0.05) is 37.0 Å². The van der Waals surface area contributed by atoms with Gasteiger partial charge in [-0.15, -0.1) is 0 Å². The molecule has 3 rings (SSSR count). The third-order valence-corrected chi connectivity index (χ3v) is 7.10. The van der Waals surface area contributed by atoms with Crippen molar-refractivity contribution in [2.45, 2.75) is 37.9 Å². The molecule has 33 heavy (non-hydrogen) atoms. The summed E-state index contributed by atoms with van der Waals surface area (Å²) in [7, 11) is -3.66. The van der Waals surface area contributed by atoms with Crippen LogP contribution in [0.3, 0.4) is 0 Å². The Hall–Kier alpha value is -2.66. The number of sulfonamides is 1. The summed E-state index contributed by atoms with van der Waals surface area (Å²) in [6.07, 6.45) is -2.24. The molecule has 2 atom stereocenters. The predicted molar refractivity (Wildman–Crippen MR) is 115 cm³/mol. The van der Waals surface area contributed by atoms with Gasteiger partial charge in [0.15, 0.2) is 6.61 Å². The minimum Gasteiger partial charge on any atom is -0.468 e. The summed E-state index contributed by atoms with van der Waals surface area (Å²) in [5, 5.41) is 2.59. The Morgan fingerprint density at radius 1 is 1.15 bits per heavy atom. The molecule has 1 aliphatic heterocycles. The van der Waals surface area contributed by atoms with E-state index in [1.807, 2.05) is 13.8 Å². The zero-order valence-electron chi connectivity index (χ0n) is 18.3. The van der Waals surface area contributed by atoms with Gasteiger partial charge < -0.3 is 10.1 Å². The fraction of sp³-hybridized carbons (Fsp3) is 0.455. The van der Waals surface area contributed by atoms with E-state index >= 15 is 0 Å². The van der Waals surface area contributed by atoms with Gasteiger partial charge >= 0.3 is 6.18 Å². The second-order valence-corrected chi connectivity index (χ2v) is 10.3. The Morgan fingerprint density at radius 3 is 2.39 bits per heavy atom. The van der Waals surface area contributed by atoms with Gasteiger partial charge in [0.2, 0.25) is 15.9 Å². The van der Waals surface area contributed by atoms with Crippen molar-refractivity contribution in [3.8, 4) is 5.88 Å². The van der Waals surface area contributed by atoms with Gasteiger partial charge in [0.05, 0.1) is 4.90 Å². The zero-order valence-corrected chi connectivity index (χ0v) is 19.1. The molecule has 1 fully saturated rings. The molecule has 11 heteroatoms. The van der Waals surface area contributed by atoms with E-state index in [1.165, 1.54) is 46.9 Å². The third kappa shape index (κ3) is 6.67. The number of nitrogens with zero attached hydrogens (tertiary/aromatic N) is 2. The Balaban J connectivity index is 1.65. The summed E-state index contributed by atoms with van der Waals surface area (Å²) >= 11 is 0. The fourth-order valence-corrected chi connectivity index (χ4v) is 5.53. The largest absolute Gasteiger partial charge is 0.468 e. The van der Waals surface area contributed by atoms with Crippen LogP contribution in [0, 0.1) is 11.8 Å². The van der Waals surface area contributed by atoms with Crippen LogP contribution < -0.4 is 10.1 Å². The first-order valence-corrected chi connectivity index (χ1v) is 11.9. The van der Waals surface area contributed by atoms with Gasteiger partial charge in [0.25, 0.3) is 5.91 Å². The van der Waals surface area contributed by atoms with E-state index < -0.39 is 28.7 Å². The lowest BCUT2D eigenvalue weighted by molar-refractivity contribution is -0.154. The first kappa shape index (κ1) is 25.0. The summed E-state index contributed by atoms with van der Waals surface area (Å²) < 4.78 is 69.4. The van der Waals surface area contributed by atoms with E-state index in [4.69, 9.17) is 4.74 Å². The van der Waals surface area contributed by atoms with Gasteiger partial charge in [-0.1, -0.05) is 19.9 Å². The number of amides is 1. The van der Waals surface area contributed by atoms with Crippen LogP contribution >= 0.6 is 0 Å². The van der Waals surface area contributed by atoms with E-state index in [9.17, 15) is 26.4 Å². The summed E-state index contributed by atoms with van der Waals surface area (Å²) in [6.45, 7) is 3.36. The van der Waals surface area contributed by atoms with Crippen LogP contribution in [0.1, 0.15) is 36.2 Å². The van der Waals surface area contributed by atoms with E-state index in [-0.39, 0.29) is 40.3 Å². The molecule has 180 valence electrons. The number of halogens is 3. The Morgan fingerprint density at radius 2 is 1.79 bits per heavy atom. The predicted octanol–water partition coefficient (Wildman–Crippen LogP) is 3.62. The van der Waals surface area contributed by atoms with Gasteiger partial charge in [0.1, 0.15) is 0 Å². The minimum atomic E-state index is -4.51. The molecule has 0 aliphatic carbocycles. The summed E-state index contributed by atoms with van der Waals surface area (Å²) in [6, 6.07) is 8.60. The molecule has 2 unspecified atom stereocenters. The quantitative estimate of drug-likeness (QED) is 0.647. The standard InChI is InChI=1S/C22H26F3N3O4S/c1-15-10-16(2)13-28(12-15)33(30,31)19-7-5-17(6-8-19)20(29)27-11-18-4-3-9-26-21(18)32-14-22(23,24)25/h3-9,15-16H,10-14H2,1-2H3,(H,27,29). The molecule has 1 saturated heterocycles. The number of rotatable bonds is 7. The number of hydrogen-bond acceptors (Lipinski definition) is 5. The highest BCUT2D eigenvalue weighted by Gasteiger charge is 2.32. The number of benzene rings is 1. The SMILES string of the molecule is CC1CC(C)CN(S(=O)(=O)c2ccc(C(=O)NCc3cccnc3OCC(F)(F)F)cc2)C1. The maximum atomic E-state index is 13.0. The van der Waals surface area contributed by atoms with Crippen LogP contribution in [0.2, 0.25) is 0 Å². The lowest BCUT2D eigenvalue weighted by Gasteiger charge is -2.34. The van der Waals surface area contributed by atoms with Crippen molar-refractivity contribution in [2.24, 2.45) is 11.8 Å². The van der Waals surface area contributed by atoms with E-state index in [0.29, 0.717) is 13.1 Å². The topological polar surface area (TPSA) is 88.6 Å². The van der Waals surface area contributed by atoms with Crippen LogP contribution in [-0.4, -0.2) is 49.5 Å². The first-order valence-electron chi connectivity index (χ1n) is 10.5. The Kier molecular flexibility index (Phi) is 7.63. The van der Waals surface area contributed by atoms with E-state index in [1.54, 1.807) is 0 Å². The average molecular weight is 486 g/mol. The molecule has 0 spiro atoms. The van der Waals surface area contributed by atoms with Crippen LogP contribution in [0.15, 0.2) is 47.5 Å². The number of carbonyl (C=O) groups excluding carboxylic acids is 1. The van der Waals surface area contributed by atoms with Crippen LogP contribution in [0.4, 0.5) is 13.2 Å². The Labute approximate surface area is 191 Å². The van der Waals surface area contributed by atoms with Gasteiger partial charge in [-0.05, 0) is 48.6 Å².